The number of ether oxygens (including phenoxy) is 1. The van der Waals surface area contributed by atoms with Crippen molar-refractivity contribution in [3.05, 3.63) is 18.2 Å². The molecule has 3 heteroatoms. The van der Waals surface area contributed by atoms with E-state index in [0.717, 1.165) is 17.1 Å². The van der Waals surface area contributed by atoms with E-state index >= 15 is 0 Å². The van der Waals surface area contributed by atoms with Crippen molar-refractivity contribution in [3.8, 4) is 5.75 Å². The number of anilines is 2. The molecule has 1 fully saturated rings. The summed E-state index contributed by atoms with van der Waals surface area (Å²) in [7, 11) is 1.66. The van der Waals surface area contributed by atoms with Crippen molar-refractivity contribution in [1.82, 2.24) is 0 Å². The number of methoxy groups -OCH3 is 1. The zero-order valence-corrected chi connectivity index (χ0v) is 7.71. The maximum absolute atomic E-state index is 5.80. The molecule has 2 rings (SSSR count). The average molecular weight is 178 g/mol. The fourth-order valence-electron chi connectivity index (χ4n) is 1.23. The van der Waals surface area contributed by atoms with E-state index in [0.29, 0.717) is 6.04 Å². The second-order valence-electron chi connectivity index (χ2n) is 3.37. The molecule has 1 aromatic carbocycles. The largest absolute Gasteiger partial charge is 0.497 e. The lowest BCUT2D eigenvalue weighted by Crippen LogP contribution is -2.04. The summed E-state index contributed by atoms with van der Waals surface area (Å²) in [5.74, 6) is 0.845. The van der Waals surface area contributed by atoms with E-state index in [9.17, 15) is 0 Å². The van der Waals surface area contributed by atoms with E-state index in [1.165, 1.54) is 12.8 Å². The maximum atomic E-state index is 5.80. The van der Waals surface area contributed by atoms with Crippen LogP contribution >= 0.6 is 0 Å². The average Bonchev–Trinajstić information content (AvgIpc) is 2.93. The summed E-state index contributed by atoms with van der Waals surface area (Å²) >= 11 is 0. The minimum atomic E-state index is 0.620. The minimum absolute atomic E-state index is 0.620. The second-order valence-corrected chi connectivity index (χ2v) is 3.37. The van der Waals surface area contributed by atoms with Gasteiger partial charge in [-0.25, -0.2) is 0 Å². The molecular formula is C10H14N2O. The van der Waals surface area contributed by atoms with Crippen molar-refractivity contribution in [2.45, 2.75) is 18.9 Å². The summed E-state index contributed by atoms with van der Waals surface area (Å²) in [6.07, 6.45) is 2.49. The smallest absolute Gasteiger partial charge is 0.121 e. The fraction of sp³-hybridized carbons (Fsp3) is 0.400. The molecule has 3 nitrogen and oxygen atoms in total. The number of nitrogens with two attached hydrogens (primary N) is 1. The third-order valence-electron chi connectivity index (χ3n) is 2.20. The van der Waals surface area contributed by atoms with Crippen LogP contribution in [0, 0.1) is 0 Å². The van der Waals surface area contributed by atoms with Crippen molar-refractivity contribution in [2.75, 3.05) is 18.2 Å². The van der Waals surface area contributed by atoms with Crippen LogP contribution in [0.2, 0.25) is 0 Å². The van der Waals surface area contributed by atoms with Crippen LogP contribution < -0.4 is 15.8 Å². The Balaban J connectivity index is 2.19. The second kappa shape index (κ2) is 3.17. The third kappa shape index (κ3) is 1.86. The highest BCUT2D eigenvalue weighted by molar-refractivity contribution is 5.68. The van der Waals surface area contributed by atoms with Gasteiger partial charge in [-0.1, -0.05) is 0 Å². The third-order valence-corrected chi connectivity index (χ3v) is 2.20. The van der Waals surface area contributed by atoms with Gasteiger partial charge in [0.15, 0.2) is 0 Å². The molecule has 0 saturated heterocycles. The molecule has 70 valence electrons. The van der Waals surface area contributed by atoms with E-state index in [-0.39, 0.29) is 0 Å². The Kier molecular flexibility index (Phi) is 2.00. The number of hydrogen-bond acceptors (Lipinski definition) is 3. The minimum Gasteiger partial charge on any atom is -0.497 e. The molecule has 0 spiro atoms. The molecule has 0 aliphatic heterocycles. The van der Waals surface area contributed by atoms with Gasteiger partial charge in [0.2, 0.25) is 0 Å². The summed E-state index contributed by atoms with van der Waals surface area (Å²) in [5.41, 5.74) is 7.57. The molecule has 0 aromatic heterocycles. The SMILES string of the molecule is COc1ccc(N)c(NC2CC2)c1. The van der Waals surface area contributed by atoms with Crippen molar-refractivity contribution >= 4 is 11.4 Å². The van der Waals surface area contributed by atoms with E-state index in [1.54, 1.807) is 7.11 Å². The van der Waals surface area contributed by atoms with E-state index in [4.69, 9.17) is 10.5 Å². The summed E-state index contributed by atoms with van der Waals surface area (Å²) in [6.45, 7) is 0. The summed E-state index contributed by atoms with van der Waals surface area (Å²) in [5, 5.41) is 3.35. The summed E-state index contributed by atoms with van der Waals surface area (Å²) in [6, 6.07) is 6.29. The Morgan fingerprint density at radius 3 is 2.85 bits per heavy atom. The summed E-state index contributed by atoms with van der Waals surface area (Å²) in [4.78, 5) is 0. The normalized spacial score (nSPS) is 15.5. The molecule has 0 heterocycles. The molecule has 0 unspecified atom stereocenters. The van der Waals surface area contributed by atoms with Crippen LogP contribution in [-0.4, -0.2) is 13.2 Å². The van der Waals surface area contributed by atoms with Gasteiger partial charge in [-0.2, -0.15) is 0 Å². The van der Waals surface area contributed by atoms with Crippen molar-refractivity contribution in [3.63, 3.8) is 0 Å². The first kappa shape index (κ1) is 8.23. The lowest BCUT2D eigenvalue weighted by Gasteiger charge is -2.09. The Morgan fingerprint density at radius 2 is 2.23 bits per heavy atom. The van der Waals surface area contributed by atoms with Gasteiger partial charge in [0, 0.05) is 12.1 Å². The van der Waals surface area contributed by atoms with Crippen molar-refractivity contribution in [1.29, 1.82) is 0 Å². The molecule has 1 aromatic rings. The quantitative estimate of drug-likeness (QED) is 0.694. The number of hydrogen-bond donors (Lipinski definition) is 2. The van der Waals surface area contributed by atoms with Gasteiger partial charge >= 0.3 is 0 Å². The number of benzene rings is 1. The number of nitrogens with one attached hydrogen (secondary N) is 1. The number of nitrogen functional groups attached to an aromatic ring is 1. The van der Waals surface area contributed by atoms with Crippen LogP contribution in [0.25, 0.3) is 0 Å². The first-order valence-corrected chi connectivity index (χ1v) is 4.49. The molecule has 0 amide bonds. The maximum Gasteiger partial charge on any atom is 0.121 e. The Labute approximate surface area is 77.9 Å². The Morgan fingerprint density at radius 1 is 1.46 bits per heavy atom. The van der Waals surface area contributed by atoms with Gasteiger partial charge in [-0.3, -0.25) is 0 Å². The Hall–Kier alpha value is -1.38. The fourth-order valence-corrected chi connectivity index (χ4v) is 1.23. The van der Waals surface area contributed by atoms with Gasteiger partial charge in [-0.15, -0.1) is 0 Å². The first-order chi connectivity index (χ1) is 6.29. The first-order valence-electron chi connectivity index (χ1n) is 4.49. The molecule has 1 saturated carbocycles. The van der Waals surface area contributed by atoms with Gasteiger partial charge in [0.25, 0.3) is 0 Å². The van der Waals surface area contributed by atoms with Gasteiger partial charge in [-0.05, 0) is 25.0 Å². The molecule has 3 N–H and O–H groups in total. The zero-order chi connectivity index (χ0) is 9.26. The molecule has 1 aliphatic carbocycles. The van der Waals surface area contributed by atoms with E-state index in [2.05, 4.69) is 5.32 Å². The highest BCUT2D eigenvalue weighted by Crippen LogP contribution is 2.30. The molecule has 13 heavy (non-hydrogen) atoms. The van der Waals surface area contributed by atoms with Crippen LogP contribution in [0.3, 0.4) is 0 Å². The highest BCUT2D eigenvalue weighted by atomic mass is 16.5. The van der Waals surface area contributed by atoms with Crippen LogP contribution in [0.1, 0.15) is 12.8 Å². The highest BCUT2D eigenvalue weighted by Gasteiger charge is 2.21. The lowest BCUT2D eigenvalue weighted by atomic mass is 10.2. The van der Waals surface area contributed by atoms with Crippen molar-refractivity contribution < 1.29 is 4.74 Å². The van der Waals surface area contributed by atoms with E-state index in [1.807, 2.05) is 18.2 Å². The zero-order valence-electron chi connectivity index (χ0n) is 7.71. The van der Waals surface area contributed by atoms with Gasteiger partial charge in [0.05, 0.1) is 18.5 Å². The Bertz CT molecular complexity index is 308. The molecular weight excluding hydrogens is 164 g/mol. The van der Waals surface area contributed by atoms with Crippen molar-refractivity contribution in [2.24, 2.45) is 0 Å². The molecule has 1 aliphatic rings. The predicted octanol–water partition coefficient (Wildman–Crippen LogP) is 1.85. The van der Waals surface area contributed by atoms with Crippen LogP contribution in [-0.2, 0) is 0 Å². The van der Waals surface area contributed by atoms with Crippen LogP contribution in [0.4, 0.5) is 11.4 Å². The number of rotatable bonds is 3. The van der Waals surface area contributed by atoms with Crippen LogP contribution in [0.5, 0.6) is 5.75 Å². The monoisotopic (exact) mass is 178 g/mol. The van der Waals surface area contributed by atoms with E-state index < -0.39 is 0 Å². The topological polar surface area (TPSA) is 47.3 Å². The standard InChI is InChI=1S/C10H14N2O/c1-13-8-4-5-9(11)10(6-8)12-7-2-3-7/h4-7,12H,2-3,11H2,1H3. The van der Waals surface area contributed by atoms with Gasteiger partial charge in [0.1, 0.15) is 5.75 Å². The lowest BCUT2D eigenvalue weighted by molar-refractivity contribution is 0.415. The van der Waals surface area contributed by atoms with Gasteiger partial charge < -0.3 is 15.8 Å². The van der Waals surface area contributed by atoms with Crippen LogP contribution in [0.15, 0.2) is 18.2 Å². The molecule has 0 atom stereocenters. The summed E-state index contributed by atoms with van der Waals surface area (Å²) < 4.78 is 5.12. The molecule has 0 bridgehead atoms. The molecule has 0 radical (unpaired) electrons. The predicted molar refractivity (Wildman–Crippen MR) is 54.1 cm³/mol.